The first-order valence-electron chi connectivity index (χ1n) is 11.0. The highest BCUT2D eigenvalue weighted by Crippen LogP contribution is 2.30. The van der Waals surface area contributed by atoms with E-state index in [1.54, 1.807) is 12.0 Å². The molecule has 0 radical (unpaired) electrons. The van der Waals surface area contributed by atoms with E-state index in [1.807, 2.05) is 47.4 Å². The summed E-state index contributed by atoms with van der Waals surface area (Å²) in [6, 6.07) is 15.2. The molecule has 0 aliphatic carbocycles. The second-order valence-corrected chi connectivity index (χ2v) is 8.72. The second kappa shape index (κ2) is 9.00. The van der Waals surface area contributed by atoms with Gasteiger partial charge >= 0.3 is 0 Å². The third-order valence-electron chi connectivity index (χ3n) is 6.22. The highest BCUT2D eigenvalue weighted by atomic mass is 16.5. The first-order valence-corrected chi connectivity index (χ1v) is 11.0. The fraction of sp³-hybridized carbons (Fsp3) is 0.440. The third-order valence-corrected chi connectivity index (χ3v) is 6.22. The molecule has 1 saturated heterocycles. The average Bonchev–Trinajstić information content (AvgIpc) is 3.13. The van der Waals surface area contributed by atoms with Crippen molar-refractivity contribution < 1.29 is 14.3 Å². The zero-order chi connectivity index (χ0) is 22.0. The maximum atomic E-state index is 13.6. The molecule has 0 N–H and O–H groups in total. The van der Waals surface area contributed by atoms with Crippen LogP contribution in [0.2, 0.25) is 0 Å². The van der Waals surface area contributed by atoms with Gasteiger partial charge in [0.05, 0.1) is 12.8 Å². The Labute approximate surface area is 184 Å². The minimum absolute atomic E-state index is 0.0257. The summed E-state index contributed by atoms with van der Waals surface area (Å²) in [6.07, 6.45) is 0.672. The number of ether oxygens (including phenoxy) is 1. The molecule has 2 aromatic carbocycles. The predicted molar refractivity (Wildman–Crippen MR) is 121 cm³/mol. The number of hydrogen-bond donors (Lipinski definition) is 0. The lowest BCUT2D eigenvalue weighted by Crippen LogP contribution is -2.55. The van der Waals surface area contributed by atoms with E-state index in [4.69, 9.17) is 4.74 Å². The number of fused-ring (bicyclic) bond motifs is 1. The molecule has 6 heteroatoms. The largest absolute Gasteiger partial charge is 0.495 e. The molecule has 2 aromatic rings. The lowest BCUT2D eigenvalue weighted by Gasteiger charge is -2.39. The van der Waals surface area contributed by atoms with Crippen LogP contribution in [-0.2, 0) is 11.3 Å². The molecule has 164 valence electrons. The zero-order valence-electron chi connectivity index (χ0n) is 18.6. The standard InChI is InChI=1S/C25H31N3O3/c1-18(2)16-22(28-17-19-8-4-5-9-20(19)24(28)29)25(30)27-14-12-26(13-15-27)21-10-6-7-11-23(21)31-3/h4-11,18,22H,12-17H2,1-3H3/t22-/m0/s1. The van der Waals surface area contributed by atoms with Gasteiger partial charge in [-0.1, -0.05) is 44.2 Å². The number of para-hydroxylation sites is 2. The Morgan fingerprint density at radius 1 is 1.00 bits per heavy atom. The Bertz CT molecular complexity index is 951. The van der Waals surface area contributed by atoms with Gasteiger partial charge in [0, 0.05) is 38.3 Å². The fourth-order valence-corrected chi connectivity index (χ4v) is 4.61. The maximum absolute atomic E-state index is 13.6. The van der Waals surface area contributed by atoms with E-state index in [0.717, 1.165) is 35.7 Å². The quantitative estimate of drug-likeness (QED) is 0.717. The predicted octanol–water partition coefficient (Wildman–Crippen LogP) is 3.41. The summed E-state index contributed by atoms with van der Waals surface area (Å²) < 4.78 is 5.50. The number of carbonyl (C=O) groups is 2. The number of nitrogens with zero attached hydrogens (tertiary/aromatic N) is 3. The normalized spacial score (nSPS) is 17.2. The first-order chi connectivity index (χ1) is 15.0. The minimum atomic E-state index is -0.419. The highest BCUT2D eigenvalue weighted by molar-refractivity contribution is 6.01. The van der Waals surface area contributed by atoms with Crippen LogP contribution in [-0.4, -0.2) is 60.9 Å². The molecule has 4 rings (SSSR count). The van der Waals surface area contributed by atoms with E-state index in [-0.39, 0.29) is 11.8 Å². The first kappa shape index (κ1) is 21.2. The third kappa shape index (κ3) is 4.24. The van der Waals surface area contributed by atoms with Crippen LogP contribution in [0, 0.1) is 5.92 Å². The van der Waals surface area contributed by atoms with Gasteiger partial charge < -0.3 is 19.4 Å². The minimum Gasteiger partial charge on any atom is -0.495 e. The van der Waals surface area contributed by atoms with Crippen molar-refractivity contribution in [1.29, 1.82) is 0 Å². The number of rotatable bonds is 6. The van der Waals surface area contributed by atoms with Crippen LogP contribution >= 0.6 is 0 Å². The van der Waals surface area contributed by atoms with Crippen LogP contribution in [0.3, 0.4) is 0 Å². The summed E-state index contributed by atoms with van der Waals surface area (Å²) in [5.74, 6) is 1.21. The van der Waals surface area contributed by atoms with Crippen molar-refractivity contribution in [2.45, 2.75) is 32.9 Å². The van der Waals surface area contributed by atoms with Crippen LogP contribution in [0.5, 0.6) is 5.75 Å². The van der Waals surface area contributed by atoms with Gasteiger partial charge in [-0.3, -0.25) is 9.59 Å². The van der Waals surface area contributed by atoms with Gasteiger partial charge in [0.15, 0.2) is 0 Å². The number of carbonyl (C=O) groups excluding carboxylic acids is 2. The van der Waals surface area contributed by atoms with Gasteiger partial charge in [0.2, 0.25) is 5.91 Å². The van der Waals surface area contributed by atoms with E-state index in [1.165, 1.54) is 0 Å². The van der Waals surface area contributed by atoms with E-state index < -0.39 is 6.04 Å². The number of anilines is 1. The van der Waals surface area contributed by atoms with Gasteiger partial charge in [0.1, 0.15) is 11.8 Å². The van der Waals surface area contributed by atoms with Crippen molar-refractivity contribution in [3.63, 3.8) is 0 Å². The smallest absolute Gasteiger partial charge is 0.255 e. The number of hydrogen-bond acceptors (Lipinski definition) is 4. The van der Waals surface area contributed by atoms with Crippen molar-refractivity contribution in [3.8, 4) is 5.75 Å². The summed E-state index contributed by atoms with van der Waals surface area (Å²) in [5.41, 5.74) is 2.79. The Balaban J connectivity index is 1.47. The molecule has 6 nitrogen and oxygen atoms in total. The molecule has 1 atom stereocenters. The van der Waals surface area contributed by atoms with Crippen LogP contribution in [0.4, 0.5) is 5.69 Å². The summed E-state index contributed by atoms with van der Waals surface area (Å²) in [4.78, 5) is 32.6. The summed E-state index contributed by atoms with van der Waals surface area (Å²) in [7, 11) is 1.68. The van der Waals surface area contributed by atoms with Crippen molar-refractivity contribution in [2.75, 3.05) is 38.2 Å². The van der Waals surface area contributed by atoms with Crippen molar-refractivity contribution in [3.05, 3.63) is 59.7 Å². The monoisotopic (exact) mass is 421 g/mol. The van der Waals surface area contributed by atoms with Gasteiger partial charge in [0.25, 0.3) is 5.91 Å². The Morgan fingerprint density at radius 2 is 1.68 bits per heavy atom. The molecule has 2 amide bonds. The Kier molecular flexibility index (Phi) is 6.16. The van der Waals surface area contributed by atoms with E-state index in [9.17, 15) is 9.59 Å². The van der Waals surface area contributed by atoms with Crippen molar-refractivity contribution >= 4 is 17.5 Å². The molecule has 2 aliphatic rings. The molecule has 0 unspecified atom stereocenters. The van der Waals surface area contributed by atoms with Gasteiger partial charge in [-0.2, -0.15) is 0 Å². The molecule has 2 heterocycles. The Hall–Kier alpha value is -3.02. The number of amides is 2. The average molecular weight is 422 g/mol. The molecule has 0 bridgehead atoms. The molecular formula is C25H31N3O3. The van der Waals surface area contributed by atoms with Crippen LogP contribution in [0.25, 0.3) is 0 Å². The van der Waals surface area contributed by atoms with Crippen molar-refractivity contribution in [2.24, 2.45) is 5.92 Å². The van der Waals surface area contributed by atoms with Crippen LogP contribution in [0.1, 0.15) is 36.2 Å². The van der Waals surface area contributed by atoms with Gasteiger partial charge in [-0.25, -0.2) is 0 Å². The molecule has 0 saturated carbocycles. The molecular weight excluding hydrogens is 390 g/mol. The van der Waals surface area contributed by atoms with Gasteiger partial charge in [-0.05, 0) is 36.1 Å². The van der Waals surface area contributed by atoms with E-state index >= 15 is 0 Å². The lowest BCUT2D eigenvalue weighted by molar-refractivity contribution is -0.137. The number of benzene rings is 2. The number of methoxy groups -OCH3 is 1. The number of piperazine rings is 1. The molecule has 0 aromatic heterocycles. The van der Waals surface area contributed by atoms with Crippen LogP contribution < -0.4 is 9.64 Å². The Morgan fingerprint density at radius 3 is 2.35 bits per heavy atom. The maximum Gasteiger partial charge on any atom is 0.255 e. The molecule has 2 aliphatic heterocycles. The van der Waals surface area contributed by atoms with E-state index in [0.29, 0.717) is 32.0 Å². The summed E-state index contributed by atoms with van der Waals surface area (Å²) >= 11 is 0. The molecule has 31 heavy (non-hydrogen) atoms. The van der Waals surface area contributed by atoms with E-state index in [2.05, 4.69) is 24.8 Å². The van der Waals surface area contributed by atoms with Crippen molar-refractivity contribution in [1.82, 2.24) is 9.80 Å². The molecule has 0 spiro atoms. The van der Waals surface area contributed by atoms with Gasteiger partial charge in [-0.15, -0.1) is 0 Å². The summed E-state index contributed by atoms with van der Waals surface area (Å²) in [5, 5.41) is 0. The SMILES string of the molecule is COc1ccccc1N1CCN(C(=O)[C@H](CC(C)C)N2Cc3ccccc3C2=O)CC1. The zero-order valence-corrected chi connectivity index (χ0v) is 18.6. The summed E-state index contributed by atoms with van der Waals surface area (Å²) in [6.45, 7) is 7.49. The molecule has 1 fully saturated rings. The lowest BCUT2D eigenvalue weighted by atomic mass is 10.0. The highest BCUT2D eigenvalue weighted by Gasteiger charge is 2.39. The van der Waals surface area contributed by atoms with Crippen LogP contribution in [0.15, 0.2) is 48.5 Å². The second-order valence-electron chi connectivity index (χ2n) is 8.72. The fourth-order valence-electron chi connectivity index (χ4n) is 4.61. The topological polar surface area (TPSA) is 53.1 Å².